The van der Waals surface area contributed by atoms with Crippen molar-refractivity contribution in [1.82, 2.24) is 9.55 Å². The van der Waals surface area contributed by atoms with Crippen molar-refractivity contribution in [3.05, 3.63) is 30.1 Å². The van der Waals surface area contributed by atoms with Crippen LogP contribution in [0.25, 0.3) is 11.3 Å². The maximum Gasteiger partial charge on any atom is 0.131 e. The van der Waals surface area contributed by atoms with E-state index >= 15 is 0 Å². The molecule has 2 rings (SSSR count). The van der Waals surface area contributed by atoms with Crippen molar-refractivity contribution in [3.8, 4) is 17.0 Å². The number of anilines is 1. The standard InChI is InChI=1S/C15H21N3O/c1-5-11-6-7-13(19-4)12(8-11)14-15(16)18(9-17-14)10(2)3/h6-10H,5,16H2,1-4H3. The number of nitrogens with two attached hydrogens (primary N) is 1. The van der Waals surface area contributed by atoms with Gasteiger partial charge in [0, 0.05) is 11.6 Å². The Balaban J connectivity index is 2.57. The minimum atomic E-state index is 0.293. The Kier molecular flexibility index (Phi) is 3.79. The number of hydrogen-bond acceptors (Lipinski definition) is 3. The zero-order valence-corrected chi connectivity index (χ0v) is 12.0. The van der Waals surface area contributed by atoms with Crippen LogP contribution in [-0.2, 0) is 6.42 Å². The van der Waals surface area contributed by atoms with Gasteiger partial charge in [0.1, 0.15) is 17.3 Å². The van der Waals surface area contributed by atoms with Crippen LogP contribution >= 0.6 is 0 Å². The van der Waals surface area contributed by atoms with Gasteiger partial charge in [0.15, 0.2) is 0 Å². The molecule has 0 saturated carbocycles. The minimum Gasteiger partial charge on any atom is -0.496 e. The molecule has 4 nitrogen and oxygen atoms in total. The van der Waals surface area contributed by atoms with Crippen molar-refractivity contribution in [2.24, 2.45) is 0 Å². The van der Waals surface area contributed by atoms with E-state index in [4.69, 9.17) is 10.5 Å². The van der Waals surface area contributed by atoms with Crippen molar-refractivity contribution < 1.29 is 4.74 Å². The van der Waals surface area contributed by atoms with Gasteiger partial charge in [-0.2, -0.15) is 0 Å². The molecule has 0 fully saturated rings. The second kappa shape index (κ2) is 5.34. The molecule has 0 radical (unpaired) electrons. The van der Waals surface area contributed by atoms with Gasteiger partial charge in [0.05, 0.1) is 13.4 Å². The molecule has 4 heteroatoms. The van der Waals surface area contributed by atoms with Crippen LogP contribution < -0.4 is 10.5 Å². The second-order valence-corrected chi connectivity index (χ2v) is 4.87. The zero-order chi connectivity index (χ0) is 14.0. The highest BCUT2D eigenvalue weighted by molar-refractivity contribution is 5.76. The van der Waals surface area contributed by atoms with Gasteiger partial charge in [0.2, 0.25) is 0 Å². The fourth-order valence-corrected chi connectivity index (χ4v) is 2.15. The molecule has 0 aliphatic carbocycles. The van der Waals surface area contributed by atoms with E-state index in [1.54, 1.807) is 13.4 Å². The first-order chi connectivity index (χ1) is 9.08. The number of rotatable bonds is 4. The molecule has 102 valence electrons. The number of methoxy groups -OCH3 is 1. The number of aromatic nitrogens is 2. The van der Waals surface area contributed by atoms with Crippen molar-refractivity contribution in [2.75, 3.05) is 12.8 Å². The lowest BCUT2D eigenvalue weighted by Crippen LogP contribution is -2.04. The number of aryl methyl sites for hydroxylation is 1. The Morgan fingerprint density at radius 3 is 2.63 bits per heavy atom. The smallest absolute Gasteiger partial charge is 0.131 e. The van der Waals surface area contributed by atoms with E-state index in [9.17, 15) is 0 Å². The predicted molar refractivity (Wildman–Crippen MR) is 78.4 cm³/mol. The highest BCUT2D eigenvalue weighted by Gasteiger charge is 2.15. The first kappa shape index (κ1) is 13.5. The fourth-order valence-electron chi connectivity index (χ4n) is 2.15. The van der Waals surface area contributed by atoms with Crippen LogP contribution in [0.2, 0.25) is 0 Å². The lowest BCUT2D eigenvalue weighted by Gasteiger charge is -2.11. The predicted octanol–water partition coefficient (Wildman–Crippen LogP) is 3.28. The Hall–Kier alpha value is -1.97. The summed E-state index contributed by atoms with van der Waals surface area (Å²) in [7, 11) is 1.67. The van der Waals surface area contributed by atoms with Crippen LogP contribution in [0.15, 0.2) is 24.5 Å². The fraction of sp³-hybridized carbons (Fsp3) is 0.400. The Morgan fingerprint density at radius 2 is 2.11 bits per heavy atom. The summed E-state index contributed by atoms with van der Waals surface area (Å²) in [6.07, 6.45) is 2.76. The molecule has 1 aromatic carbocycles. The Morgan fingerprint density at radius 1 is 1.37 bits per heavy atom. The van der Waals surface area contributed by atoms with Crippen LogP contribution in [0.1, 0.15) is 32.4 Å². The molecular formula is C15H21N3O. The molecule has 0 unspecified atom stereocenters. The molecule has 0 aliphatic rings. The van der Waals surface area contributed by atoms with Gasteiger partial charge in [-0.3, -0.25) is 0 Å². The maximum atomic E-state index is 6.20. The van der Waals surface area contributed by atoms with E-state index in [1.165, 1.54) is 5.56 Å². The van der Waals surface area contributed by atoms with Gasteiger partial charge in [-0.15, -0.1) is 0 Å². The number of nitrogen functional groups attached to an aromatic ring is 1. The SMILES string of the molecule is CCc1ccc(OC)c(-c2ncn(C(C)C)c2N)c1. The van der Waals surface area contributed by atoms with E-state index < -0.39 is 0 Å². The minimum absolute atomic E-state index is 0.293. The maximum absolute atomic E-state index is 6.20. The molecule has 2 aromatic rings. The van der Waals surface area contributed by atoms with Gasteiger partial charge in [-0.1, -0.05) is 13.0 Å². The molecule has 0 bridgehead atoms. The normalized spacial score (nSPS) is 11.0. The van der Waals surface area contributed by atoms with Gasteiger partial charge in [-0.05, 0) is 38.0 Å². The van der Waals surface area contributed by atoms with Gasteiger partial charge in [-0.25, -0.2) is 4.98 Å². The van der Waals surface area contributed by atoms with E-state index in [1.807, 2.05) is 10.6 Å². The topological polar surface area (TPSA) is 53.1 Å². The number of benzene rings is 1. The van der Waals surface area contributed by atoms with Gasteiger partial charge >= 0.3 is 0 Å². The third-order valence-corrected chi connectivity index (χ3v) is 3.32. The Bertz CT molecular complexity index is 573. The number of hydrogen-bond donors (Lipinski definition) is 1. The van der Waals surface area contributed by atoms with Gasteiger partial charge < -0.3 is 15.0 Å². The summed E-state index contributed by atoms with van der Waals surface area (Å²) < 4.78 is 7.38. The van der Waals surface area contributed by atoms with Gasteiger partial charge in [0.25, 0.3) is 0 Å². The van der Waals surface area contributed by atoms with E-state index in [-0.39, 0.29) is 0 Å². The number of imidazole rings is 1. The first-order valence-electron chi connectivity index (χ1n) is 6.58. The van der Waals surface area contributed by atoms with E-state index in [2.05, 4.69) is 37.9 Å². The average Bonchev–Trinajstić information content (AvgIpc) is 2.79. The van der Waals surface area contributed by atoms with Crippen LogP contribution in [0.3, 0.4) is 0 Å². The average molecular weight is 259 g/mol. The largest absolute Gasteiger partial charge is 0.496 e. The summed E-state index contributed by atoms with van der Waals surface area (Å²) in [5, 5.41) is 0. The third-order valence-electron chi connectivity index (χ3n) is 3.32. The lowest BCUT2D eigenvalue weighted by molar-refractivity contribution is 0.416. The molecule has 0 aliphatic heterocycles. The van der Waals surface area contributed by atoms with Crippen molar-refractivity contribution in [1.29, 1.82) is 0 Å². The van der Waals surface area contributed by atoms with E-state index in [0.29, 0.717) is 11.9 Å². The monoisotopic (exact) mass is 259 g/mol. The highest BCUT2D eigenvalue weighted by Crippen LogP contribution is 2.34. The quantitative estimate of drug-likeness (QED) is 0.916. The molecule has 19 heavy (non-hydrogen) atoms. The molecule has 0 atom stereocenters. The van der Waals surface area contributed by atoms with Crippen molar-refractivity contribution >= 4 is 5.82 Å². The molecule has 0 spiro atoms. The van der Waals surface area contributed by atoms with Crippen LogP contribution in [0.5, 0.6) is 5.75 Å². The summed E-state index contributed by atoms with van der Waals surface area (Å²) in [4.78, 5) is 4.45. The van der Waals surface area contributed by atoms with Crippen molar-refractivity contribution in [2.45, 2.75) is 33.2 Å². The zero-order valence-electron chi connectivity index (χ0n) is 12.0. The first-order valence-corrected chi connectivity index (χ1v) is 6.58. The molecule has 0 saturated heterocycles. The summed E-state index contributed by atoms with van der Waals surface area (Å²) >= 11 is 0. The summed E-state index contributed by atoms with van der Waals surface area (Å²) in [5.41, 5.74) is 9.19. The number of ether oxygens (including phenoxy) is 1. The molecular weight excluding hydrogens is 238 g/mol. The number of nitrogens with zero attached hydrogens (tertiary/aromatic N) is 2. The summed E-state index contributed by atoms with van der Waals surface area (Å²) in [5.74, 6) is 1.49. The molecule has 1 heterocycles. The second-order valence-electron chi connectivity index (χ2n) is 4.87. The summed E-state index contributed by atoms with van der Waals surface area (Å²) in [6.45, 7) is 6.30. The third kappa shape index (κ3) is 2.43. The van der Waals surface area contributed by atoms with Crippen LogP contribution in [0, 0.1) is 0 Å². The highest BCUT2D eigenvalue weighted by atomic mass is 16.5. The lowest BCUT2D eigenvalue weighted by atomic mass is 10.1. The van der Waals surface area contributed by atoms with Crippen molar-refractivity contribution in [3.63, 3.8) is 0 Å². The molecule has 2 N–H and O–H groups in total. The Labute approximate surface area is 114 Å². The van der Waals surface area contributed by atoms with Crippen LogP contribution in [0.4, 0.5) is 5.82 Å². The summed E-state index contributed by atoms with van der Waals surface area (Å²) in [6, 6.07) is 6.43. The van der Waals surface area contributed by atoms with E-state index in [0.717, 1.165) is 23.4 Å². The molecule has 1 aromatic heterocycles. The van der Waals surface area contributed by atoms with Crippen LogP contribution in [-0.4, -0.2) is 16.7 Å². The molecule has 0 amide bonds.